The van der Waals surface area contributed by atoms with Crippen molar-refractivity contribution in [3.63, 3.8) is 0 Å². The van der Waals surface area contributed by atoms with Crippen LogP contribution in [0, 0.1) is 11.3 Å². The fourth-order valence-electron chi connectivity index (χ4n) is 3.13. The van der Waals surface area contributed by atoms with Gasteiger partial charge in [0.15, 0.2) is 5.60 Å². The van der Waals surface area contributed by atoms with Gasteiger partial charge in [-0.2, -0.15) is 5.26 Å². The van der Waals surface area contributed by atoms with E-state index in [4.69, 9.17) is 10.00 Å². The standard InChI is InChI=1S/C20H26N4O3/c1-20(2,27-17-7-3-15(13-21)4-8-17)19(26)24-11-9-23(10-12-24)14-18(25)22-16-5-6-16/h3-4,7-8,16H,5-6,9-12,14H2,1-2H3,(H,22,25). The van der Waals surface area contributed by atoms with Gasteiger partial charge in [0.1, 0.15) is 5.75 Å². The number of nitrogens with zero attached hydrogens (tertiary/aromatic N) is 3. The van der Waals surface area contributed by atoms with E-state index in [2.05, 4.69) is 16.3 Å². The predicted molar refractivity (Wildman–Crippen MR) is 100 cm³/mol. The Kier molecular flexibility index (Phi) is 5.66. The van der Waals surface area contributed by atoms with E-state index in [1.807, 2.05) is 0 Å². The molecule has 1 aromatic rings. The molecule has 3 rings (SSSR count). The van der Waals surface area contributed by atoms with E-state index in [1.54, 1.807) is 43.0 Å². The van der Waals surface area contributed by atoms with Gasteiger partial charge < -0.3 is 15.0 Å². The lowest BCUT2D eigenvalue weighted by Gasteiger charge is -2.38. The molecule has 27 heavy (non-hydrogen) atoms. The molecule has 0 bridgehead atoms. The molecule has 7 nitrogen and oxygen atoms in total. The Balaban J connectivity index is 1.49. The van der Waals surface area contributed by atoms with E-state index >= 15 is 0 Å². The number of piperazine rings is 1. The van der Waals surface area contributed by atoms with Gasteiger partial charge in [0.05, 0.1) is 18.2 Å². The van der Waals surface area contributed by atoms with Gasteiger partial charge in [-0.1, -0.05) is 0 Å². The van der Waals surface area contributed by atoms with E-state index in [1.165, 1.54) is 0 Å². The predicted octanol–water partition coefficient (Wildman–Crippen LogP) is 1.14. The summed E-state index contributed by atoms with van der Waals surface area (Å²) in [6, 6.07) is 9.17. The molecule has 7 heteroatoms. The molecule has 1 aliphatic heterocycles. The number of hydrogen-bond acceptors (Lipinski definition) is 5. The van der Waals surface area contributed by atoms with Crippen LogP contribution in [0.4, 0.5) is 0 Å². The van der Waals surface area contributed by atoms with E-state index in [0.29, 0.717) is 50.1 Å². The smallest absolute Gasteiger partial charge is 0.266 e. The van der Waals surface area contributed by atoms with E-state index in [-0.39, 0.29) is 11.8 Å². The maximum Gasteiger partial charge on any atom is 0.266 e. The fourth-order valence-corrected chi connectivity index (χ4v) is 3.13. The highest BCUT2D eigenvalue weighted by atomic mass is 16.5. The minimum absolute atomic E-state index is 0.0711. The zero-order chi connectivity index (χ0) is 19.4. The van der Waals surface area contributed by atoms with Crippen LogP contribution in [0.25, 0.3) is 0 Å². The van der Waals surface area contributed by atoms with Crippen molar-refractivity contribution in [1.29, 1.82) is 5.26 Å². The van der Waals surface area contributed by atoms with Crippen LogP contribution in [0.5, 0.6) is 5.75 Å². The van der Waals surface area contributed by atoms with Crippen molar-refractivity contribution < 1.29 is 14.3 Å². The maximum absolute atomic E-state index is 12.9. The van der Waals surface area contributed by atoms with Crippen LogP contribution in [0.15, 0.2) is 24.3 Å². The fraction of sp³-hybridized carbons (Fsp3) is 0.550. The van der Waals surface area contributed by atoms with E-state index in [0.717, 1.165) is 12.8 Å². The maximum atomic E-state index is 12.9. The lowest BCUT2D eigenvalue weighted by atomic mass is 10.1. The summed E-state index contributed by atoms with van der Waals surface area (Å²) in [7, 11) is 0. The zero-order valence-corrected chi connectivity index (χ0v) is 15.9. The van der Waals surface area contributed by atoms with Crippen LogP contribution in [0.2, 0.25) is 0 Å². The van der Waals surface area contributed by atoms with Crippen molar-refractivity contribution in [2.24, 2.45) is 0 Å². The zero-order valence-electron chi connectivity index (χ0n) is 15.9. The normalized spacial score (nSPS) is 17.9. The number of nitrogens with one attached hydrogen (secondary N) is 1. The molecule has 0 radical (unpaired) electrons. The van der Waals surface area contributed by atoms with E-state index < -0.39 is 5.60 Å². The van der Waals surface area contributed by atoms with Crippen molar-refractivity contribution in [2.75, 3.05) is 32.7 Å². The first-order valence-corrected chi connectivity index (χ1v) is 9.37. The topological polar surface area (TPSA) is 85.7 Å². The highest BCUT2D eigenvalue weighted by molar-refractivity contribution is 5.85. The van der Waals surface area contributed by atoms with Gasteiger partial charge in [0, 0.05) is 32.2 Å². The van der Waals surface area contributed by atoms with Gasteiger partial charge >= 0.3 is 0 Å². The monoisotopic (exact) mass is 370 g/mol. The average Bonchev–Trinajstić information content (AvgIpc) is 3.46. The summed E-state index contributed by atoms with van der Waals surface area (Å²) in [6.07, 6.45) is 2.17. The summed E-state index contributed by atoms with van der Waals surface area (Å²) >= 11 is 0. The molecule has 2 fully saturated rings. The largest absolute Gasteiger partial charge is 0.478 e. The van der Waals surface area contributed by atoms with Gasteiger partial charge in [0.2, 0.25) is 5.91 Å². The molecule has 0 spiro atoms. The Morgan fingerprint density at radius 3 is 2.37 bits per heavy atom. The van der Waals surface area contributed by atoms with Crippen LogP contribution in [-0.4, -0.2) is 66.0 Å². The SMILES string of the molecule is CC(C)(Oc1ccc(C#N)cc1)C(=O)N1CCN(CC(=O)NC2CC2)CC1. The van der Waals surface area contributed by atoms with Crippen LogP contribution < -0.4 is 10.1 Å². The second kappa shape index (κ2) is 7.97. The Labute approximate surface area is 159 Å². The number of amides is 2. The van der Waals surface area contributed by atoms with Gasteiger partial charge in [-0.25, -0.2) is 0 Å². The number of benzene rings is 1. The summed E-state index contributed by atoms with van der Waals surface area (Å²) in [5.74, 6) is 0.554. The number of nitriles is 1. The molecule has 0 aromatic heterocycles. The summed E-state index contributed by atoms with van der Waals surface area (Å²) in [5.41, 5.74) is -0.451. The highest BCUT2D eigenvalue weighted by Gasteiger charge is 2.36. The Morgan fingerprint density at radius 2 is 1.81 bits per heavy atom. The number of carbonyl (C=O) groups is 2. The molecule has 1 N–H and O–H groups in total. The quantitative estimate of drug-likeness (QED) is 0.812. The molecule has 1 aromatic carbocycles. The lowest BCUT2D eigenvalue weighted by molar-refractivity contribution is -0.147. The molecule has 1 aliphatic carbocycles. The second-order valence-corrected chi connectivity index (χ2v) is 7.66. The van der Waals surface area contributed by atoms with Crippen molar-refractivity contribution in [3.05, 3.63) is 29.8 Å². The third-order valence-corrected chi connectivity index (χ3v) is 4.84. The summed E-state index contributed by atoms with van der Waals surface area (Å²) < 4.78 is 5.88. The first-order chi connectivity index (χ1) is 12.9. The summed E-state index contributed by atoms with van der Waals surface area (Å²) in [6.45, 7) is 6.41. The van der Waals surface area contributed by atoms with Gasteiger partial charge in [-0.15, -0.1) is 0 Å². The number of rotatable bonds is 6. The summed E-state index contributed by atoms with van der Waals surface area (Å²) in [4.78, 5) is 28.7. The molecular weight excluding hydrogens is 344 g/mol. The molecule has 2 aliphatic rings. The molecule has 2 amide bonds. The van der Waals surface area contributed by atoms with Crippen molar-refractivity contribution >= 4 is 11.8 Å². The molecule has 1 heterocycles. The Hall–Kier alpha value is -2.59. The lowest BCUT2D eigenvalue weighted by Crippen LogP contribution is -2.56. The third kappa shape index (κ3) is 5.20. The van der Waals surface area contributed by atoms with Crippen molar-refractivity contribution in [2.45, 2.75) is 38.3 Å². The van der Waals surface area contributed by atoms with Crippen LogP contribution in [0.1, 0.15) is 32.3 Å². The summed E-state index contributed by atoms with van der Waals surface area (Å²) in [5, 5.41) is 11.9. The van der Waals surface area contributed by atoms with Crippen molar-refractivity contribution in [1.82, 2.24) is 15.1 Å². The first-order valence-electron chi connectivity index (χ1n) is 9.37. The molecule has 144 valence electrons. The Bertz CT molecular complexity index is 727. The van der Waals surface area contributed by atoms with Gasteiger partial charge in [0.25, 0.3) is 5.91 Å². The highest BCUT2D eigenvalue weighted by Crippen LogP contribution is 2.22. The third-order valence-electron chi connectivity index (χ3n) is 4.84. The molecular formula is C20H26N4O3. The molecule has 1 saturated carbocycles. The van der Waals surface area contributed by atoms with Crippen LogP contribution in [-0.2, 0) is 9.59 Å². The van der Waals surface area contributed by atoms with Crippen LogP contribution >= 0.6 is 0 Å². The van der Waals surface area contributed by atoms with Gasteiger partial charge in [-0.05, 0) is 51.0 Å². The number of carbonyl (C=O) groups excluding carboxylic acids is 2. The molecule has 1 saturated heterocycles. The van der Waals surface area contributed by atoms with Crippen LogP contribution in [0.3, 0.4) is 0 Å². The Morgan fingerprint density at radius 1 is 1.19 bits per heavy atom. The number of ether oxygens (including phenoxy) is 1. The minimum Gasteiger partial charge on any atom is -0.478 e. The second-order valence-electron chi connectivity index (χ2n) is 7.66. The minimum atomic E-state index is -1.00. The van der Waals surface area contributed by atoms with E-state index in [9.17, 15) is 9.59 Å². The average molecular weight is 370 g/mol. The van der Waals surface area contributed by atoms with Crippen molar-refractivity contribution in [3.8, 4) is 11.8 Å². The number of hydrogen-bond donors (Lipinski definition) is 1. The van der Waals surface area contributed by atoms with Gasteiger partial charge in [-0.3, -0.25) is 14.5 Å². The molecule has 0 unspecified atom stereocenters. The first kappa shape index (κ1) is 19.2. The molecule has 0 atom stereocenters.